The number of piperazine rings is 1. The maximum absolute atomic E-state index is 12.3. The summed E-state index contributed by atoms with van der Waals surface area (Å²) in [6, 6.07) is 8.43. The highest BCUT2D eigenvalue weighted by Crippen LogP contribution is 2.19. The fourth-order valence-corrected chi connectivity index (χ4v) is 4.59. The first kappa shape index (κ1) is 21.9. The minimum atomic E-state index is 0.0631. The molecule has 0 spiro atoms. The Balaban J connectivity index is 1.45. The van der Waals surface area contributed by atoms with Crippen LogP contribution in [0, 0.1) is 13.8 Å². The number of benzene rings is 1. The van der Waals surface area contributed by atoms with E-state index in [-0.39, 0.29) is 5.91 Å². The molecule has 2 aromatic rings. The number of hydrogen-bond donors (Lipinski definition) is 1. The molecule has 0 radical (unpaired) electrons. The topological polar surface area (TPSA) is 61.6 Å². The van der Waals surface area contributed by atoms with Crippen LogP contribution in [0.25, 0.3) is 0 Å². The smallest absolute Gasteiger partial charge is 0.230 e. The quantitative estimate of drug-likeness (QED) is 0.678. The van der Waals surface area contributed by atoms with Crippen LogP contribution < -0.4 is 5.32 Å². The van der Waals surface area contributed by atoms with E-state index in [1.165, 1.54) is 11.1 Å². The Morgan fingerprint density at radius 1 is 1.14 bits per heavy atom. The molecule has 0 aliphatic carbocycles. The number of nitrogens with zero attached hydrogens (tertiary/aromatic N) is 3. The average Bonchev–Trinajstić information content (AvgIpc) is 3.06. The summed E-state index contributed by atoms with van der Waals surface area (Å²) in [5.41, 5.74) is 4.51. The number of rotatable bonds is 9. The molecule has 1 aromatic heterocycles. The van der Waals surface area contributed by atoms with E-state index in [0.717, 1.165) is 62.0 Å². The van der Waals surface area contributed by atoms with Gasteiger partial charge in [-0.2, -0.15) is 0 Å². The minimum Gasteiger partial charge on any atom is -0.361 e. The van der Waals surface area contributed by atoms with Gasteiger partial charge in [-0.15, -0.1) is 11.8 Å². The van der Waals surface area contributed by atoms with Crippen LogP contribution in [0.5, 0.6) is 0 Å². The van der Waals surface area contributed by atoms with E-state index in [4.69, 9.17) is 4.52 Å². The van der Waals surface area contributed by atoms with Crippen LogP contribution in [0.1, 0.15) is 35.1 Å². The van der Waals surface area contributed by atoms with Crippen LogP contribution >= 0.6 is 11.8 Å². The number of carbonyl (C=O) groups is 1. The van der Waals surface area contributed by atoms with Crippen molar-refractivity contribution in [2.24, 2.45) is 0 Å². The Morgan fingerprint density at radius 3 is 2.48 bits per heavy atom. The average molecular weight is 417 g/mol. The highest BCUT2D eigenvalue weighted by molar-refractivity contribution is 7.99. The van der Waals surface area contributed by atoms with Gasteiger partial charge < -0.3 is 14.7 Å². The lowest BCUT2D eigenvalue weighted by Gasteiger charge is -2.34. The summed E-state index contributed by atoms with van der Waals surface area (Å²) in [5, 5.41) is 7.04. The number of aryl methyl sites for hydroxylation is 2. The molecule has 0 unspecified atom stereocenters. The Bertz CT molecular complexity index is 780. The van der Waals surface area contributed by atoms with Crippen LogP contribution in [0.3, 0.4) is 0 Å². The van der Waals surface area contributed by atoms with E-state index in [1.54, 1.807) is 11.8 Å². The van der Waals surface area contributed by atoms with Crippen molar-refractivity contribution in [3.63, 3.8) is 0 Å². The van der Waals surface area contributed by atoms with E-state index in [9.17, 15) is 4.79 Å². The third kappa shape index (κ3) is 6.32. The maximum atomic E-state index is 12.3. The molecule has 1 aliphatic heterocycles. The molecule has 1 fully saturated rings. The van der Waals surface area contributed by atoms with Gasteiger partial charge in [0.05, 0.1) is 11.4 Å². The molecule has 1 aromatic carbocycles. The Kier molecular flexibility index (Phi) is 8.15. The molecule has 0 saturated carbocycles. The number of hydrogen-bond acceptors (Lipinski definition) is 6. The zero-order valence-electron chi connectivity index (χ0n) is 17.7. The van der Waals surface area contributed by atoms with E-state index >= 15 is 0 Å². The van der Waals surface area contributed by atoms with Crippen molar-refractivity contribution in [2.45, 2.75) is 39.6 Å². The number of aromatic nitrogens is 1. The lowest BCUT2D eigenvalue weighted by molar-refractivity contribution is -0.118. The van der Waals surface area contributed by atoms with Gasteiger partial charge in [0.1, 0.15) is 5.76 Å². The zero-order chi connectivity index (χ0) is 20.6. The summed E-state index contributed by atoms with van der Waals surface area (Å²) in [6.07, 6.45) is 0. The van der Waals surface area contributed by atoms with Crippen LogP contribution in [-0.4, -0.2) is 59.3 Å². The predicted molar refractivity (Wildman–Crippen MR) is 118 cm³/mol. The molecule has 158 valence electrons. The normalized spacial score (nSPS) is 15.6. The van der Waals surface area contributed by atoms with Crippen molar-refractivity contribution in [3.05, 3.63) is 52.4 Å². The fraction of sp³-hybridized carbons (Fsp3) is 0.545. The summed E-state index contributed by atoms with van der Waals surface area (Å²) in [7, 11) is 0. The highest BCUT2D eigenvalue weighted by atomic mass is 32.2. The lowest BCUT2D eigenvalue weighted by atomic mass is 10.1. The van der Waals surface area contributed by atoms with Gasteiger partial charge in [0.15, 0.2) is 0 Å². The van der Waals surface area contributed by atoms with Crippen molar-refractivity contribution in [2.75, 3.05) is 38.5 Å². The molecule has 1 N–H and O–H groups in total. The first-order valence-electron chi connectivity index (χ1n) is 10.3. The van der Waals surface area contributed by atoms with Crippen molar-refractivity contribution >= 4 is 17.7 Å². The van der Waals surface area contributed by atoms with Crippen LogP contribution in [0.2, 0.25) is 0 Å². The standard InChI is InChI=1S/C22H32N4O2S/c1-4-25-9-11-26(12-10-25)14-20-8-6-5-7-19(20)13-23-22(27)16-29-15-21-17(2)24-28-18(21)3/h5-8H,4,9-16H2,1-3H3,(H,23,27). The van der Waals surface area contributed by atoms with Gasteiger partial charge in [0.2, 0.25) is 5.91 Å². The highest BCUT2D eigenvalue weighted by Gasteiger charge is 2.17. The lowest BCUT2D eigenvalue weighted by Crippen LogP contribution is -2.45. The van der Waals surface area contributed by atoms with Crippen LogP contribution in [0.15, 0.2) is 28.8 Å². The summed E-state index contributed by atoms with van der Waals surface area (Å²) >= 11 is 1.59. The number of carbonyl (C=O) groups excluding carboxylic acids is 1. The van der Waals surface area contributed by atoms with Gasteiger partial charge in [-0.3, -0.25) is 9.69 Å². The maximum Gasteiger partial charge on any atom is 0.230 e. The van der Waals surface area contributed by atoms with E-state index in [1.807, 2.05) is 19.9 Å². The SMILES string of the molecule is CCN1CCN(Cc2ccccc2CNC(=O)CSCc2c(C)noc2C)CC1. The van der Waals surface area contributed by atoms with Gasteiger partial charge in [0, 0.05) is 50.6 Å². The molecule has 3 rings (SSSR count). The van der Waals surface area contributed by atoms with E-state index in [2.05, 4.69) is 45.4 Å². The molecule has 7 heteroatoms. The minimum absolute atomic E-state index is 0.0631. The van der Waals surface area contributed by atoms with Crippen molar-refractivity contribution < 1.29 is 9.32 Å². The molecule has 29 heavy (non-hydrogen) atoms. The Labute approximate surface area is 178 Å². The Hall–Kier alpha value is -1.83. The van der Waals surface area contributed by atoms with Gasteiger partial charge in [-0.05, 0) is 31.5 Å². The second-order valence-corrected chi connectivity index (χ2v) is 8.54. The summed E-state index contributed by atoms with van der Waals surface area (Å²) in [5.74, 6) is 2.08. The second-order valence-electron chi connectivity index (χ2n) is 7.55. The number of nitrogens with one attached hydrogen (secondary N) is 1. The third-order valence-corrected chi connectivity index (χ3v) is 6.52. The summed E-state index contributed by atoms with van der Waals surface area (Å²) in [6.45, 7) is 13.2. The number of thioether (sulfide) groups is 1. The first-order chi connectivity index (χ1) is 14.1. The van der Waals surface area contributed by atoms with E-state index < -0.39 is 0 Å². The van der Waals surface area contributed by atoms with Gasteiger partial charge in [-0.25, -0.2) is 0 Å². The monoisotopic (exact) mass is 416 g/mol. The molecule has 0 atom stereocenters. The van der Waals surface area contributed by atoms with Gasteiger partial charge in [-0.1, -0.05) is 36.3 Å². The second kappa shape index (κ2) is 10.8. The largest absolute Gasteiger partial charge is 0.361 e. The van der Waals surface area contributed by atoms with Gasteiger partial charge >= 0.3 is 0 Å². The van der Waals surface area contributed by atoms with Crippen LogP contribution in [0.4, 0.5) is 0 Å². The Morgan fingerprint density at radius 2 is 1.83 bits per heavy atom. The zero-order valence-corrected chi connectivity index (χ0v) is 18.6. The first-order valence-corrected chi connectivity index (χ1v) is 11.5. The summed E-state index contributed by atoms with van der Waals surface area (Å²) in [4.78, 5) is 17.3. The molecule has 1 amide bonds. The molecular formula is C22H32N4O2S. The predicted octanol–water partition coefficient (Wildman–Crippen LogP) is 2.98. The fourth-order valence-electron chi connectivity index (χ4n) is 3.59. The van der Waals surface area contributed by atoms with Crippen molar-refractivity contribution in [3.8, 4) is 0 Å². The molecule has 2 heterocycles. The number of amides is 1. The molecule has 1 aliphatic rings. The third-order valence-electron chi connectivity index (χ3n) is 5.56. The van der Waals surface area contributed by atoms with Crippen molar-refractivity contribution in [1.82, 2.24) is 20.3 Å². The molecular weight excluding hydrogens is 384 g/mol. The number of likely N-dealkylation sites (N-methyl/N-ethyl adjacent to an activating group) is 1. The molecule has 6 nitrogen and oxygen atoms in total. The van der Waals surface area contributed by atoms with Crippen molar-refractivity contribution in [1.29, 1.82) is 0 Å². The molecule has 1 saturated heterocycles. The summed E-state index contributed by atoms with van der Waals surface area (Å²) < 4.78 is 5.18. The van der Waals surface area contributed by atoms with E-state index in [0.29, 0.717) is 12.3 Å². The van der Waals surface area contributed by atoms with Crippen LogP contribution in [-0.2, 0) is 23.6 Å². The molecule has 0 bridgehead atoms. The van der Waals surface area contributed by atoms with Gasteiger partial charge in [0.25, 0.3) is 0 Å².